The number of rotatable bonds is 2. The molecular weight excluding hydrogens is 587 g/mol. The van der Waals surface area contributed by atoms with Crippen molar-refractivity contribution in [2.75, 3.05) is 0 Å². The fourth-order valence-electron chi connectivity index (χ4n) is 8.58. The van der Waals surface area contributed by atoms with Gasteiger partial charge in [-0.15, -0.1) is 0 Å². The minimum atomic E-state index is -0.0802. The molecule has 0 spiro atoms. The molecule has 3 heteroatoms. The quantitative estimate of drug-likeness (QED) is 0.194. The number of nitrogens with zero attached hydrogens (tertiary/aromatic N) is 1. The molecule has 10 aromatic rings. The van der Waals surface area contributed by atoms with E-state index in [0.717, 1.165) is 60.7 Å². The van der Waals surface area contributed by atoms with Crippen molar-refractivity contribution in [3.8, 4) is 27.9 Å². The zero-order chi connectivity index (χ0) is 31.7. The van der Waals surface area contributed by atoms with Crippen LogP contribution in [0.4, 0.5) is 0 Å². The molecule has 7 aromatic carbocycles. The molecule has 0 saturated heterocycles. The van der Waals surface area contributed by atoms with Gasteiger partial charge in [-0.2, -0.15) is 0 Å². The zero-order valence-corrected chi connectivity index (χ0v) is 26.5. The zero-order valence-electron chi connectivity index (χ0n) is 26.5. The van der Waals surface area contributed by atoms with Gasteiger partial charge in [0.2, 0.25) is 0 Å². The number of fused-ring (bicyclic) bond motifs is 12. The van der Waals surface area contributed by atoms with Crippen LogP contribution in [0.3, 0.4) is 0 Å². The van der Waals surface area contributed by atoms with Gasteiger partial charge in [-0.1, -0.05) is 105 Å². The number of furan rings is 2. The van der Waals surface area contributed by atoms with Crippen molar-refractivity contribution in [2.24, 2.45) is 0 Å². The highest BCUT2D eigenvalue weighted by Crippen LogP contribution is 2.51. The van der Waals surface area contributed by atoms with Gasteiger partial charge in [0.1, 0.15) is 22.3 Å². The van der Waals surface area contributed by atoms with E-state index < -0.39 is 0 Å². The van der Waals surface area contributed by atoms with Crippen molar-refractivity contribution in [1.29, 1.82) is 0 Å². The summed E-state index contributed by atoms with van der Waals surface area (Å²) in [6.45, 7) is 4.70. The van der Waals surface area contributed by atoms with Crippen molar-refractivity contribution < 1.29 is 8.83 Å². The highest BCUT2D eigenvalue weighted by molar-refractivity contribution is 6.18. The topological polar surface area (TPSA) is 31.2 Å². The smallest absolute Gasteiger partial charge is 0.143 e. The molecule has 0 unspecified atom stereocenters. The maximum absolute atomic E-state index is 6.65. The Labute approximate surface area is 276 Å². The van der Waals surface area contributed by atoms with Gasteiger partial charge < -0.3 is 13.4 Å². The molecule has 0 N–H and O–H groups in total. The fourth-order valence-corrected chi connectivity index (χ4v) is 8.58. The average molecular weight is 616 g/mol. The summed E-state index contributed by atoms with van der Waals surface area (Å²) in [5.74, 6) is 0. The van der Waals surface area contributed by atoms with E-state index in [4.69, 9.17) is 8.83 Å². The summed E-state index contributed by atoms with van der Waals surface area (Å²) < 4.78 is 15.5. The Balaban J connectivity index is 1.15. The van der Waals surface area contributed by atoms with Crippen molar-refractivity contribution in [2.45, 2.75) is 19.3 Å². The third-order valence-corrected chi connectivity index (χ3v) is 10.8. The molecule has 0 bridgehead atoms. The van der Waals surface area contributed by atoms with Gasteiger partial charge in [0.25, 0.3) is 0 Å². The molecule has 0 fully saturated rings. The highest BCUT2D eigenvalue weighted by atomic mass is 16.3. The van der Waals surface area contributed by atoms with E-state index in [0.29, 0.717) is 0 Å². The lowest BCUT2D eigenvalue weighted by Gasteiger charge is -2.21. The highest BCUT2D eigenvalue weighted by Gasteiger charge is 2.36. The number of hydrogen-bond acceptors (Lipinski definition) is 2. The molecular formula is C45H29NO2. The summed E-state index contributed by atoms with van der Waals surface area (Å²) in [7, 11) is 0. The monoisotopic (exact) mass is 615 g/mol. The molecule has 0 atom stereocenters. The minimum absolute atomic E-state index is 0.0802. The molecule has 48 heavy (non-hydrogen) atoms. The van der Waals surface area contributed by atoms with Crippen molar-refractivity contribution >= 4 is 65.7 Å². The Bertz CT molecular complexity index is 2980. The van der Waals surface area contributed by atoms with Crippen LogP contribution in [0, 0.1) is 0 Å². The molecule has 1 aliphatic carbocycles. The first kappa shape index (κ1) is 26.1. The van der Waals surface area contributed by atoms with Crippen molar-refractivity contribution in [3.63, 3.8) is 0 Å². The number of hydrogen-bond donors (Lipinski definition) is 0. The largest absolute Gasteiger partial charge is 0.456 e. The molecule has 0 amide bonds. The van der Waals surface area contributed by atoms with E-state index in [2.05, 4.69) is 146 Å². The Morgan fingerprint density at radius 1 is 0.438 bits per heavy atom. The van der Waals surface area contributed by atoms with Crippen LogP contribution in [-0.2, 0) is 5.41 Å². The van der Waals surface area contributed by atoms with Crippen LogP contribution in [0.2, 0.25) is 0 Å². The van der Waals surface area contributed by atoms with Crippen LogP contribution in [0.15, 0.2) is 148 Å². The molecule has 3 heterocycles. The van der Waals surface area contributed by atoms with Crippen LogP contribution in [0.1, 0.15) is 25.0 Å². The van der Waals surface area contributed by atoms with E-state index in [-0.39, 0.29) is 5.41 Å². The number of benzene rings is 7. The first-order valence-electron chi connectivity index (χ1n) is 16.6. The molecule has 3 aromatic heterocycles. The predicted octanol–water partition coefficient (Wildman–Crippen LogP) is 12.6. The van der Waals surface area contributed by atoms with E-state index in [1.54, 1.807) is 0 Å². The summed E-state index contributed by atoms with van der Waals surface area (Å²) in [5.41, 5.74) is 14.6. The molecule has 0 saturated carbocycles. The van der Waals surface area contributed by atoms with Crippen LogP contribution < -0.4 is 0 Å². The molecule has 226 valence electrons. The Kier molecular flexibility index (Phi) is 4.91. The lowest BCUT2D eigenvalue weighted by molar-refractivity contribution is 0.661. The Hall–Kier alpha value is -6.06. The van der Waals surface area contributed by atoms with Gasteiger partial charge in [-0.25, -0.2) is 0 Å². The lowest BCUT2D eigenvalue weighted by Crippen LogP contribution is -2.14. The van der Waals surface area contributed by atoms with Gasteiger partial charge >= 0.3 is 0 Å². The van der Waals surface area contributed by atoms with Crippen molar-refractivity contribution in [1.82, 2.24) is 4.57 Å². The summed E-state index contributed by atoms with van der Waals surface area (Å²) in [4.78, 5) is 0. The lowest BCUT2D eigenvalue weighted by atomic mass is 9.82. The second-order valence-electron chi connectivity index (χ2n) is 13.7. The molecule has 1 aliphatic rings. The molecule has 0 aliphatic heterocycles. The van der Waals surface area contributed by atoms with Gasteiger partial charge in [0.15, 0.2) is 0 Å². The Morgan fingerprint density at radius 3 is 2.10 bits per heavy atom. The third kappa shape index (κ3) is 3.28. The summed E-state index contributed by atoms with van der Waals surface area (Å²) >= 11 is 0. The van der Waals surface area contributed by atoms with E-state index >= 15 is 0 Å². The SMILES string of the molecule is CC1(C)c2ccccc2-c2cc3c4ccccc4n(-c4ccc5c(c4)oc4cccc(-c6cccc7c6oc6ccccc67)c45)c3cc21. The second kappa shape index (κ2) is 9.05. The normalized spacial score (nSPS) is 13.8. The maximum Gasteiger partial charge on any atom is 0.143 e. The van der Waals surface area contributed by atoms with E-state index in [9.17, 15) is 0 Å². The molecule has 0 radical (unpaired) electrons. The third-order valence-electron chi connectivity index (χ3n) is 10.8. The van der Waals surface area contributed by atoms with Crippen LogP contribution in [0.5, 0.6) is 0 Å². The van der Waals surface area contributed by atoms with Crippen LogP contribution >= 0.6 is 0 Å². The molecule has 11 rings (SSSR count). The van der Waals surface area contributed by atoms with Gasteiger partial charge in [0.05, 0.1) is 11.0 Å². The summed E-state index contributed by atoms with van der Waals surface area (Å²) in [5, 5.41) is 6.97. The van der Waals surface area contributed by atoms with E-state index in [1.165, 1.54) is 44.1 Å². The van der Waals surface area contributed by atoms with E-state index in [1.807, 2.05) is 12.1 Å². The minimum Gasteiger partial charge on any atom is -0.456 e. The van der Waals surface area contributed by atoms with Gasteiger partial charge in [-0.3, -0.25) is 0 Å². The van der Waals surface area contributed by atoms with Crippen molar-refractivity contribution in [3.05, 3.63) is 151 Å². The predicted molar refractivity (Wildman–Crippen MR) is 198 cm³/mol. The maximum atomic E-state index is 6.65. The van der Waals surface area contributed by atoms with Gasteiger partial charge in [0, 0.05) is 55.0 Å². The molecule has 3 nitrogen and oxygen atoms in total. The number of para-hydroxylation sites is 3. The second-order valence-corrected chi connectivity index (χ2v) is 13.7. The van der Waals surface area contributed by atoms with Crippen LogP contribution in [0.25, 0.3) is 93.6 Å². The Morgan fingerprint density at radius 2 is 1.17 bits per heavy atom. The van der Waals surface area contributed by atoms with Gasteiger partial charge in [-0.05, 0) is 70.3 Å². The number of aromatic nitrogens is 1. The first-order valence-corrected chi connectivity index (χ1v) is 16.6. The summed E-state index contributed by atoms with van der Waals surface area (Å²) in [6, 6.07) is 50.2. The average Bonchev–Trinajstić information content (AvgIpc) is 3.84. The first-order chi connectivity index (χ1) is 23.6. The summed E-state index contributed by atoms with van der Waals surface area (Å²) in [6.07, 6.45) is 0. The van der Waals surface area contributed by atoms with Crippen LogP contribution in [-0.4, -0.2) is 4.57 Å². The fraction of sp³-hybridized carbons (Fsp3) is 0.0667. The standard InChI is InChI=1S/C45H29NO2/c1-45(2)36-17-6-3-11-27(36)34-24-35-28-12-4-7-18-38(28)46(39(35)25-37(34)45)26-21-22-33-42(23-26)47-41-20-10-14-30(43(33)41)32-16-9-15-31-29-13-5-8-19-40(29)48-44(31)32/h3-25H,1-2H3.